The molecule has 3 heteroatoms. The lowest BCUT2D eigenvalue weighted by molar-refractivity contribution is 0.474. The van der Waals surface area contributed by atoms with Gasteiger partial charge in [-0.3, -0.25) is 0 Å². The second-order valence-corrected chi connectivity index (χ2v) is 3.87. The zero-order valence-electron chi connectivity index (χ0n) is 9.61. The molecule has 2 rings (SSSR count). The topological polar surface area (TPSA) is 35.2 Å². The van der Waals surface area contributed by atoms with Gasteiger partial charge in [-0.2, -0.15) is 0 Å². The fraction of sp³-hybridized carbons (Fsp3) is 0.143. The molecule has 0 unspecified atom stereocenters. The minimum absolute atomic E-state index is 0.277. The van der Waals surface area contributed by atoms with Crippen molar-refractivity contribution in [1.82, 2.24) is 0 Å². The molecule has 88 valence electrons. The molecule has 0 heterocycles. The Kier molecular flexibility index (Phi) is 3.40. The first-order valence-corrected chi connectivity index (χ1v) is 5.42. The highest BCUT2D eigenvalue weighted by Gasteiger charge is 2.04. The average molecular weight is 231 g/mol. The van der Waals surface area contributed by atoms with Crippen LogP contribution in [0.5, 0.6) is 11.5 Å². The molecule has 17 heavy (non-hydrogen) atoms. The van der Waals surface area contributed by atoms with Gasteiger partial charge in [0.15, 0.2) is 0 Å². The predicted octanol–water partition coefficient (Wildman–Crippen LogP) is 3.39. The monoisotopic (exact) mass is 231 g/mol. The highest BCUT2D eigenvalue weighted by Crippen LogP contribution is 2.26. The number of halogens is 1. The summed E-state index contributed by atoms with van der Waals surface area (Å²) in [6, 6.07) is 11.8. The molecule has 0 bridgehead atoms. The molecular formula is C14H14FNO. The Labute approximate surface area is 99.8 Å². The summed E-state index contributed by atoms with van der Waals surface area (Å²) in [7, 11) is 0. The Hall–Kier alpha value is -1.87. The maximum atomic E-state index is 12.8. The lowest BCUT2D eigenvalue weighted by Crippen LogP contribution is -1.99. The summed E-state index contributed by atoms with van der Waals surface area (Å²) < 4.78 is 18.4. The Morgan fingerprint density at radius 1 is 1.12 bits per heavy atom. The quantitative estimate of drug-likeness (QED) is 0.878. The second-order valence-electron chi connectivity index (χ2n) is 3.87. The van der Waals surface area contributed by atoms with Gasteiger partial charge in [-0.1, -0.05) is 12.1 Å². The van der Waals surface area contributed by atoms with Crippen LogP contribution in [0.15, 0.2) is 42.5 Å². The molecule has 0 aliphatic rings. The number of hydrogen-bond donors (Lipinski definition) is 1. The highest BCUT2D eigenvalue weighted by molar-refractivity contribution is 5.40. The van der Waals surface area contributed by atoms with Gasteiger partial charge in [0.2, 0.25) is 0 Å². The van der Waals surface area contributed by atoms with Crippen molar-refractivity contribution in [3.05, 3.63) is 59.4 Å². The van der Waals surface area contributed by atoms with E-state index in [1.807, 2.05) is 25.1 Å². The summed E-state index contributed by atoms with van der Waals surface area (Å²) >= 11 is 0. The zero-order chi connectivity index (χ0) is 12.3. The van der Waals surface area contributed by atoms with Crippen LogP contribution < -0.4 is 10.5 Å². The zero-order valence-corrected chi connectivity index (χ0v) is 9.61. The summed E-state index contributed by atoms with van der Waals surface area (Å²) in [5.41, 5.74) is 7.67. The molecule has 0 fully saturated rings. The molecule has 2 nitrogen and oxygen atoms in total. The van der Waals surface area contributed by atoms with Gasteiger partial charge < -0.3 is 10.5 Å². The van der Waals surface area contributed by atoms with E-state index in [1.54, 1.807) is 12.1 Å². The van der Waals surface area contributed by atoms with Crippen molar-refractivity contribution in [2.24, 2.45) is 5.73 Å². The van der Waals surface area contributed by atoms with Crippen LogP contribution in [0.2, 0.25) is 0 Å². The van der Waals surface area contributed by atoms with Crippen molar-refractivity contribution in [3.8, 4) is 11.5 Å². The van der Waals surface area contributed by atoms with E-state index in [1.165, 1.54) is 12.1 Å². The standard InChI is InChI=1S/C14H14FNO/c1-10-2-3-11(9-16)14(8-10)17-13-6-4-12(15)5-7-13/h2-8H,9,16H2,1H3. The Bertz CT molecular complexity index is 508. The fourth-order valence-corrected chi connectivity index (χ4v) is 1.56. The molecule has 0 radical (unpaired) electrons. The molecule has 2 aromatic carbocycles. The highest BCUT2D eigenvalue weighted by atomic mass is 19.1. The van der Waals surface area contributed by atoms with Crippen LogP contribution in [-0.4, -0.2) is 0 Å². The molecule has 2 N–H and O–H groups in total. The van der Waals surface area contributed by atoms with Gasteiger partial charge in [-0.25, -0.2) is 4.39 Å². The molecule has 2 aromatic rings. The molecule has 0 saturated heterocycles. The minimum atomic E-state index is -0.277. The van der Waals surface area contributed by atoms with Crippen molar-refractivity contribution < 1.29 is 9.13 Å². The Morgan fingerprint density at radius 3 is 2.47 bits per heavy atom. The van der Waals surface area contributed by atoms with Gasteiger partial charge >= 0.3 is 0 Å². The maximum Gasteiger partial charge on any atom is 0.132 e. The van der Waals surface area contributed by atoms with Crippen LogP contribution in [0.1, 0.15) is 11.1 Å². The van der Waals surface area contributed by atoms with E-state index >= 15 is 0 Å². The molecule has 0 atom stereocenters. The third kappa shape index (κ3) is 2.82. The van der Waals surface area contributed by atoms with Crippen molar-refractivity contribution >= 4 is 0 Å². The maximum absolute atomic E-state index is 12.8. The van der Waals surface area contributed by atoms with Crippen LogP contribution in [-0.2, 0) is 6.54 Å². The van der Waals surface area contributed by atoms with E-state index < -0.39 is 0 Å². The number of aryl methyl sites for hydroxylation is 1. The fourth-order valence-electron chi connectivity index (χ4n) is 1.56. The third-order valence-corrected chi connectivity index (χ3v) is 2.48. The van der Waals surface area contributed by atoms with Gasteiger partial charge in [-0.05, 0) is 42.8 Å². The molecule has 0 aromatic heterocycles. The van der Waals surface area contributed by atoms with E-state index in [4.69, 9.17) is 10.5 Å². The molecular weight excluding hydrogens is 217 g/mol. The normalized spacial score (nSPS) is 10.3. The van der Waals surface area contributed by atoms with Crippen LogP contribution in [0.25, 0.3) is 0 Å². The summed E-state index contributed by atoms with van der Waals surface area (Å²) in [5, 5.41) is 0. The number of nitrogens with two attached hydrogens (primary N) is 1. The summed E-state index contributed by atoms with van der Waals surface area (Å²) in [6.45, 7) is 2.40. The molecule has 0 aliphatic carbocycles. The number of rotatable bonds is 3. The smallest absolute Gasteiger partial charge is 0.132 e. The second kappa shape index (κ2) is 4.97. The number of benzene rings is 2. The Balaban J connectivity index is 2.28. The molecule has 0 amide bonds. The molecule has 0 saturated carbocycles. The van der Waals surface area contributed by atoms with E-state index in [0.717, 1.165) is 16.9 Å². The van der Waals surface area contributed by atoms with Gasteiger partial charge in [-0.15, -0.1) is 0 Å². The van der Waals surface area contributed by atoms with Crippen LogP contribution in [0, 0.1) is 12.7 Å². The Morgan fingerprint density at radius 2 is 1.82 bits per heavy atom. The molecule has 0 aliphatic heterocycles. The minimum Gasteiger partial charge on any atom is -0.457 e. The summed E-state index contributed by atoms with van der Waals surface area (Å²) in [6.07, 6.45) is 0. The first kappa shape index (κ1) is 11.6. The van der Waals surface area contributed by atoms with E-state index in [0.29, 0.717) is 12.3 Å². The number of hydrogen-bond acceptors (Lipinski definition) is 2. The van der Waals surface area contributed by atoms with Crippen LogP contribution >= 0.6 is 0 Å². The summed E-state index contributed by atoms with van der Waals surface area (Å²) in [5.74, 6) is 1.05. The van der Waals surface area contributed by atoms with Gasteiger partial charge in [0.05, 0.1) is 0 Å². The van der Waals surface area contributed by atoms with Gasteiger partial charge in [0.25, 0.3) is 0 Å². The van der Waals surface area contributed by atoms with Crippen molar-refractivity contribution in [3.63, 3.8) is 0 Å². The van der Waals surface area contributed by atoms with Gasteiger partial charge in [0, 0.05) is 12.1 Å². The van der Waals surface area contributed by atoms with Crippen molar-refractivity contribution in [2.45, 2.75) is 13.5 Å². The molecule has 0 spiro atoms. The van der Waals surface area contributed by atoms with E-state index in [9.17, 15) is 4.39 Å². The number of ether oxygens (including phenoxy) is 1. The average Bonchev–Trinajstić information content (AvgIpc) is 2.32. The van der Waals surface area contributed by atoms with Crippen molar-refractivity contribution in [1.29, 1.82) is 0 Å². The largest absolute Gasteiger partial charge is 0.457 e. The van der Waals surface area contributed by atoms with Crippen molar-refractivity contribution in [2.75, 3.05) is 0 Å². The predicted molar refractivity (Wildman–Crippen MR) is 65.5 cm³/mol. The SMILES string of the molecule is Cc1ccc(CN)c(Oc2ccc(F)cc2)c1. The first-order chi connectivity index (χ1) is 8.19. The van der Waals surface area contributed by atoms with E-state index in [2.05, 4.69) is 0 Å². The van der Waals surface area contributed by atoms with Crippen LogP contribution in [0.3, 0.4) is 0 Å². The first-order valence-electron chi connectivity index (χ1n) is 5.42. The summed E-state index contributed by atoms with van der Waals surface area (Å²) in [4.78, 5) is 0. The lowest BCUT2D eigenvalue weighted by atomic mass is 10.1. The third-order valence-electron chi connectivity index (χ3n) is 2.48. The lowest BCUT2D eigenvalue weighted by Gasteiger charge is -2.10. The van der Waals surface area contributed by atoms with Gasteiger partial charge in [0.1, 0.15) is 17.3 Å². The van der Waals surface area contributed by atoms with Crippen LogP contribution in [0.4, 0.5) is 4.39 Å². The van der Waals surface area contributed by atoms with E-state index in [-0.39, 0.29) is 5.82 Å².